The molecule has 0 amide bonds. The van der Waals surface area contributed by atoms with Gasteiger partial charge in [-0.25, -0.2) is 4.79 Å². The number of nitrogens with one attached hydrogen (secondary N) is 2. The molecule has 4 heterocycles. The van der Waals surface area contributed by atoms with E-state index in [4.69, 9.17) is 0 Å². The van der Waals surface area contributed by atoms with Crippen LogP contribution < -0.4 is 15.8 Å². The summed E-state index contributed by atoms with van der Waals surface area (Å²) in [7, 11) is 0. The number of rotatable bonds is 4. The summed E-state index contributed by atoms with van der Waals surface area (Å²) in [4.78, 5) is 35.5. The predicted octanol–water partition coefficient (Wildman–Crippen LogP) is 2.08. The number of hydrogen-bond donors (Lipinski definition) is 2. The fourth-order valence-corrected chi connectivity index (χ4v) is 4.48. The quantitative estimate of drug-likeness (QED) is 0.635. The van der Waals surface area contributed by atoms with Crippen LogP contribution in [0, 0.1) is 0 Å². The second-order valence-electron chi connectivity index (χ2n) is 8.19. The van der Waals surface area contributed by atoms with E-state index in [1.165, 1.54) is 5.69 Å². The third kappa shape index (κ3) is 3.74. The Kier molecular flexibility index (Phi) is 5.06. The zero-order chi connectivity index (χ0) is 21.4. The van der Waals surface area contributed by atoms with Gasteiger partial charge in [-0.15, -0.1) is 0 Å². The zero-order valence-electron chi connectivity index (χ0n) is 17.6. The van der Waals surface area contributed by atoms with Gasteiger partial charge in [0.05, 0.1) is 11.0 Å². The van der Waals surface area contributed by atoms with Crippen LogP contribution in [0.4, 0.5) is 5.69 Å². The molecule has 7 nitrogen and oxygen atoms in total. The third-order valence-electron chi connectivity index (χ3n) is 6.27. The van der Waals surface area contributed by atoms with E-state index in [0.717, 1.165) is 66.0 Å². The standard InChI is InChI=1S/C24H25N5O2/c1-2-17-11-21-22(27-24(17)31)9-16(12-25-21)14-28-5-7-29(8-6-28)19-3-4-20-18(10-19)13-26-23(20)15-30/h3-4,9-12,26H,2,5-8,13-14H2,1H3,(H,27,31). The van der Waals surface area contributed by atoms with E-state index in [-0.39, 0.29) is 5.56 Å². The summed E-state index contributed by atoms with van der Waals surface area (Å²) < 4.78 is 0. The van der Waals surface area contributed by atoms with Crippen LogP contribution in [0.3, 0.4) is 0 Å². The molecule has 0 saturated carbocycles. The normalized spacial score (nSPS) is 16.3. The van der Waals surface area contributed by atoms with Crippen LogP contribution in [-0.4, -0.2) is 47.0 Å². The number of aromatic nitrogens is 2. The first-order chi connectivity index (χ1) is 15.1. The number of nitrogens with zero attached hydrogens (tertiary/aromatic N) is 3. The van der Waals surface area contributed by atoms with Gasteiger partial charge in [0.2, 0.25) is 0 Å². The minimum atomic E-state index is -0.0251. The summed E-state index contributed by atoms with van der Waals surface area (Å²) in [6, 6.07) is 10.2. The second-order valence-corrected chi connectivity index (χ2v) is 8.19. The molecular formula is C24H25N5O2. The first kappa shape index (κ1) is 19.5. The molecule has 1 aromatic carbocycles. The fourth-order valence-electron chi connectivity index (χ4n) is 4.48. The summed E-state index contributed by atoms with van der Waals surface area (Å²) in [5.41, 5.74) is 7.36. The molecule has 2 aliphatic rings. The number of hydrogen-bond acceptors (Lipinski definition) is 6. The van der Waals surface area contributed by atoms with E-state index in [2.05, 4.69) is 37.2 Å². The number of fused-ring (bicyclic) bond motifs is 2. The lowest BCUT2D eigenvalue weighted by Crippen LogP contribution is -2.46. The van der Waals surface area contributed by atoms with Crippen molar-refractivity contribution >= 4 is 28.4 Å². The molecular weight excluding hydrogens is 390 g/mol. The number of aryl methyl sites for hydroxylation is 1. The Morgan fingerprint density at radius 3 is 2.74 bits per heavy atom. The predicted molar refractivity (Wildman–Crippen MR) is 122 cm³/mol. The van der Waals surface area contributed by atoms with Gasteiger partial charge in [0.15, 0.2) is 5.94 Å². The van der Waals surface area contributed by atoms with Crippen molar-refractivity contribution in [1.29, 1.82) is 0 Å². The SMILES string of the molecule is CCc1cc2ncc(CN3CCN(c4ccc5c(c4)CNC5=C=O)CC3)cc2[nH]c1=O. The van der Waals surface area contributed by atoms with E-state index in [0.29, 0.717) is 18.7 Å². The Balaban J connectivity index is 1.25. The first-order valence-corrected chi connectivity index (χ1v) is 10.7. The van der Waals surface area contributed by atoms with Crippen molar-refractivity contribution in [3.05, 3.63) is 69.1 Å². The molecule has 0 atom stereocenters. The zero-order valence-corrected chi connectivity index (χ0v) is 17.6. The van der Waals surface area contributed by atoms with Crippen LogP contribution in [0.2, 0.25) is 0 Å². The van der Waals surface area contributed by atoms with Gasteiger partial charge >= 0.3 is 0 Å². The highest BCUT2D eigenvalue weighted by atomic mass is 16.1. The molecule has 2 N–H and O–H groups in total. The molecule has 31 heavy (non-hydrogen) atoms. The van der Waals surface area contributed by atoms with E-state index in [1.54, 1.807) is 0 Å². The Hall–Kier alpha value is -3.41. The number of pyridine rings is 2. The number of carbonyl (C=O) groups excluding carboxylic acids is 1. The van der Waals surface area contributed by atoms with E-state index >= 15 is 0 Å². The number of piperazine rings is 1. The van der Waals surface area contributed by atoms with E-state index < -0.39 is 0 Å². The Morgan fingerprint density at radius 1 is 1.13 bits per heavy atom. The molecule has 1 fully saturated rings. The smallest absolute Gasteiger partial charge is 0.251 e. The lowest BCUT2D eigenvalue weighted by atomic mass is 10.1. The maximum absolute atomic E-state index is 12.1. The number of anilines is 1. The molecule has 3 aromatic rings. The summed E-state index contributed by atoms with van der Waals surface area (Å²) in [5.74, 6) is 1.98. The molecule has 5 rings (SSSR count). The fraction of sp³-hybridized carbons (Fsp3) is 0.333. The molecule has 0 bridgehead atoms. The summed E-state index contributed by atoms with van der Waals surface area (Å²) in [6.45, 7) is 7.28. The lowest BCUT2D eigenvalue weighted by molar-refractivity contribution is 0.249. The van der Waals surface area contributed by atoms with Crippen LogP contribution in [0.1, 0.15) is 29.2 Å². The van der Waals surface area contributed by atoms with Crippen LogP contribution in [0.5, 0.6) is 0 Å². The molecule has 1 saturated heterocycles. The topological polar surface area (TPSA) is 81.3 Å². The maximum Gasteiger partial charge on any atom is 0.251 e. The molecule has 158 valence electrons. The van der Waals surface area contributed by atoms with Gasteiger partial charge in [-0.3, -0.25) is 14.7 Å². The second kappa shape index (κ2) is 8.02. The van der Waals surface area contributed by atoms with Gasteiger partial charge in [0, 0.05) is 62.3 Å². The molecule has 0 aliphatic carbocycles. The maximum atomic E-state index is 12.1. The average molecular weight is 415 g/mol. The highest BCUT2D eigenvalue weighted by Crippen LogP contribution is 2.28. The summed E-state index contributed by atoms with van der Waals surface area (Å²) in [5, 5.41) is 3.10. The number of benzene rings is 1. The largest absolute Gasteiger partial charge is 0.371 e. The number of H-pyrrole nitrogens is 1. The minimum Gasteiger partial charge on any atom is -0.371 e. The van der Waals surface area contributed by atoms with Gasteiger partial charge in [-0.2, -0.15) is 0 Å². The monoisotopic (exact) mass is 415 g/mol. The molecule has 2 aromatic heterocycles. The summed E-state index contributed by atoms with van der Waals surface area (Å²) in [6.07, 6.45) is 2.62. The Bertz CT molecular complexity index is 1250. The van der Waals surface area contributed by atoms with Crippen LogP contribution in [0.25, 0.3) is 16.7 Å². The molecule has 2 aliphatic heterocycles. The van der Waals surface area contributed by atoms with Crippen molar-refractivity contribution in [1.82, 2.24) is 20.2 Å². The average Bonchev–Trinajstić information content (AvgIpc) is 3.21. The summed E-state index contributed by atoms with van der Waals surface area (Å²) >= 11 is 0. The van der Waals surface area contributed by atoms with Gasteiger partial charge in [-0.1, -0.05) is 6.92 Å². The van der Waals surface area contributed by atoms with Crippen LogP contribution in [0.15, 0.2) is 41.3 Å². The van der Waals surface area contributed by atoms with E-state index in [1.807, 2.05) is 37.3 Å². The Labute approximate surface area is 180 Å². The van der Waals surface area contributed by atoms with Crippen molar-refractivity contribution in [2.24, 2.45) is 0 Å². The Morgan fingerprint density at radius 2 is 1.97 bits per heavy atom. The highest BCUT2D eigenvalue weighted by Gasteiger charge is 2.21. The van der Waals surface area contributed by atoms with Crippen molar-refractivity contribution in [2.75, 3.05) is 31.1 Å². The van der Waals surface area contributed by atoms with Crippen molar-refractivity contribution in [2.45, 2.75) is 26.4 Å². The molecule has 0 unspecified atom stereocenters. The van der Waals surface area contributed by atoms with Gasteiger partial charge < -0.3 is 15.2 Å². The van der Waals surface area contributed by atoms with Crippen LogP contribution in [-0.2, 0) is 24.3 Å². The van der Waals surface area contributed by atoms with Gasteiger partial charge in [0.1, 0.15) is 5.70 Å². The van der Waals surface area contributed by atoms with Crippen molar-refractivity contribution < 1.29 is 4.79 Å². The highest BCUT2D eigenvalue weighted by molar-refractivity contribution is 5.90. The molecule has 0 spiro atoms. The number of aromatic amines is 1. The van der Waals surface area contributed by atoms with Crippen molar-refractivity contribution in [3.63, 3.8) is 0 Å². The van der Waals surface area contributed by atoms with Crippen LogP contribution >= 0.6 is 0 Å². The lowest BCUT2D eigenvalue weighted by Gasteiger charge is -2.36. The molecule has 0 radical (unpaired) electrons. The van der Waals surface area contributed by atoms with E-state index in [9.17, 15) is 9.59 Å². The molecule has 7 heteroatoms. The minimum absolute atomic E-state index is 0.0251. The van der Waals surface area contributed by atoms with Gasteiger partial charge in [-0.05, 0) is 47.9 Å². The van der Waals surface area contributed by atoms with Gasteiger partial charge in [0.25, 0.3) is 5.56 Å². The third-order valence-corrected chi connectivity index (χ3v) is 6.27. The first-order valence-electron chi connectivity index (χ1n) is 10.7. The van der Waals surface area contributed by atoms with Crippen molar-refractivity contribution in [3.8, 4) is 0 Å².